The fourth-order valence-corrected chi connectivity index (χ4v) is 3.26. The molecule has 1 N–H and O–H groups in total. The molecule has 0 spiro atoms. The molecule has 0 aliphatic carbocycles. The molecular formula is C21H20N4O2. The molecule has 6 heteroatoms. The molecule has 27 heavy (non-hydrogen) atoms. The molecule has 0 unspecified atom stereocenters. The molecule has 0 aliphatic heterocycles. The minimum Gasteiger partial charge on any atom is -0.325 e. The number of aryl methyl sites for hydroxylation is 2. The molecule has 2 heterocycles. The standard InChI is InChI=1S/C21H20N4O2/c1-3-15-8-10-16(11-9-15)22-19(26)13-24-20-12-14(2)23-25(20)18-7-5-4-6-17(18)21(24)27/h4-12H,3,13H2,1-2H3,(H,22,26). The van der Waals surface area contributed by atoms with E-state index in [9.17, 15) is 9.59 Å². The van der Waals surface area contributed by atoms with Crippen LogP contribution in [0, 0.1) is 6.92 Å². The summed E-state index contributed by atoms with van der Waals surface area (Å²) in [5.41, 5.74) is 3.84. The third kappa shape index (κ3) is 3.10. The average molecular weight is 360 g/mol. The van der Waals surface area contributed by atoms with Gasteiger partial charge >= 0.3 is 0 Å². The third-order valence-corrected chi connectivity index (χ3v) is 4.64. The van der Waals surface area contributed by atoms with E-state index in [2.05, 4.69) is 17.3 Å². The van der Waals surface area contributed by atoms with Crippen LogP contribution in [-0.2, 0) is 17.8 Å². The third-order valence-electron chi connectivity index (χ3n) is 4.64. The Hall–Kier alpha value is -3.41. The van der Waals surface area contributed by atoms with Gasteiger partial charge in [0.1, 0.15) is 12.2 Å². The zero-order valence-corrected chi connectivity index (χ0v) is 15.3. The van der Waals surface area contributed by atoms with E-state index in [0.717, 1.165) is 17.6 Å². The van der Waals surface area contributed by atoms with Gasteiger partial charge in [0.25, 0.3) is 5.56 Å². The predicted molar refractivity (Wildman–Crippen MR) is 106 cm³/mol. The second-order valence-corrected chi connectivity index (χ2v) is 6.56. The predicted octanol–water partition coefficient (Wildman–Crippen LogP) is 3.16. The van der Waals surface area contributed by atoms with Crippen molar-refractivity contribution < 1.29 is 4.79 Å². The molecule has 6 nitrogen and oxygen atoms in total. The lowest BCUT2D eigenvalue weighted by Gasteiger charge is -2.11. The van der Waals surface area contributed by atoms with E-state index in [1.165, 1.54) is 10.1 Å². The number of para-hydroxylation sites is 1. The quantitative estimate of drug-likeness (QED) is 0.608. The van der Waals surface area contributed by atoms with Gasteiger partial charge in [0.2, 0.25) is 5.91 Å². The van der Waals surface area contributed by atoms with Gasteiger partial charge in [0, 0.05) is 11.8 Å². The first-order valence-corrected chi connectivity index (χ1v) is 8.93. The molecule has 0 bridgehead atoms. The molecule has 0 saturated heterocycles. The van der Waals surface area contributed by atoms with Crippen molar-refractivity contribution in [2.24, 2.45) is 0 Å². The topological polar surface area (TPSA) is 68.4 Å². The van der Waals surface area contributed by atoms with E-state index < -0.39 is 0 Å². The number of fused-ring (bicyclic) bond motifs is 3. The minimum atomic E-state index is -0.252. The molecule has 1 amide bonds. The van der Waals surface area contributed by atoms with Gasteiger partial charge in [-0.25, -0.2) is 4.52 Å². The van der Waals surface area contributed by atoms with E-state index in [4.69, 9.17) is 0 Å². The Morgan fingerprint density at radius 3 is 2.59 bits per heavy atom. The lowest BCUT2D eigenvalue weighted by Crippen LogP contribution is -2.29. The van der Waals surface area contributed by atoms with Crippen LogP contribution in [0.1, 0.15) is 18.2 Å². The molecule has 0 radical (unpaired) electrons. The van der Waals surface area contributed by atoms with Gasteiger partial charge in [-0.2, -0.15) is 5.10 Å². The van der Waals surface area contributed by atoms with Crippen LogP contribution in [0.5, 0.6) is 0 Å². The normalized spacial score (nSPS) is 11.2. The number of aromatic nitrogens is 3. The van der Waals surface area contributed by atoms with Crippen LogP contribution < -0.4 is 10.9 Å². The van der Waals surface area contributed by atoms with Gasteiger partial charge in [0.15, 0.2) is 0 Å². The number of benzene rings is 2. The summed E-state index contributed by atoms with van der Waals surface area (Å²) in [5.74, 6) is -0.252. The number of nitrogens with zero attached hydrogens (tertiary/aromatic N) is 3. The van der Waals surface area contributed by atoms with E-state index in [0.29, 0.717) is 16.7 Å². The number of hydrogen-bond donors (Lipinski definition) is 1. The molecule has 0 saturated carbocycles. The SMILES string of the molecule is CCc1ccc(NC(=O)Cn2c(=O)c3ccccc3n3nc(C)cc23)cc1. The Morgan fingerprint density at radius 1 is 1.11 bits per heavy atom. The summed E-state index contributed by atoms with van der Waals surface area (Å²) >= 11 is 0. The first-order chi connectivity index (χ1) is 13.1. The maximum Gasteiger partial charge on any atom is 0.262 e. The van der Waals surface area contributed by atoms with Gasteiger partial charge < -0.3 is 5.32 Å². The molecule has 136 valence electrons. The van der Waals surface area contributed by atoms with Crippen molar-refractivity contribution in [2.75, 3.05) is 5.32 Å². The summed E-state index contributed by atoms with van der Waals surface area (Å²) in [6.07, 6.45) is 0.944. The maximum atomic E-state index is 13.0. The van der Waals surface area contributed by atoms with Crippen molar-refractivity contribution >= 4 is 28.1 Å². The lowest BCUT2D eigenvalue weighted by atomic mass is 10.1. The molecule has 0 aliphatic rings. The average Bonchev–Trinajstić information content (AvgIpc) is 3.07. The highest BCUT2D eigenvalue weighted by molar-refractivity contribution is 5.91. The molecular weight excluding hydrogens is 340 g/mol. The van der Waals surface area contributed by atoms with Crippen LogP contribution in [0.15, 0.2) is 59.4 Å². The fraction of sp³-hybridized carbons (Fsp3) is 0.190. The van der Waals surface area contributed by atoms with Crippen LogP contribution in [0.2, 0.25) is 0 Å². The summed E-state index contributed by atoms with van der Waals surface area (Å²) < 4.78 is 3.19. The van der Waals surface area contributed by atoms with Crippen molar-refractivity contribution in [3.05, 3.63) is 76.2 Å². The fourth-order valence-electron chi connectivity index (χ4n) is 3.26. The number of carbonyl (C=O) groups excluding carboxylic acids is 1. The van der Waals surface area contributed by atoms with Crippen LogP contribution in [0.25, 0.3) is 16.6 Å². The number of carbonyl (C=O) groups is 1. The van der Waals surface area contributed by atoms with E-state index in [-0.39, 0.29) is 18.0 Å². The first kappa shape index (κ1) is 17.0. The number of hydrogen-bond acceptors (Lipinski definition) is 3. The Labute approximate surface area is 156 Å². The zero-order valence-electron chi connectivity index (χ0n) is 15.3. The Kier molecular flexibility index (Phi) is 4.24. The molecule has 2 aromatic heterocycles. The second kappa shape index (κ2) is 6.72. The highest BCUT2D eigenvalue weighted by Crippen LogP contribution is 2.15. The van der Waals surface area contributed by atoms with Gasteiger partial charge in [0.05, 0.1) is 16.6 Å². The van der Waals surface area contributed by atoms with Crippen LogP contribution >= 0.6 is 0 Å². The van der Waals surface area contributed by atoms with Gasteiger partial charge in [-0.3, -0.25) is 14.2 Å². The van der Waals surface area contributed by atoms with Crippen LogP contribution in [0.4, 0.5) is 5.69 Å². The summed E-state index contributed by atoms with van der Waals surface area (Å²) in [4.78, 5) is 25.5. The largest absolute Gasteiger partial charge is 0.325 e. The van der Waals surface area contributed by atoms with Crippen molar-refractivity contribution in [2.45, 2.75) is 26.8 Å². The first-order valence-electron chi connectivity index (χ1n) is 8.93. The lowest BCUT2D eigenvalue weighted by molar-refractivity contribution is -0.116. The van der Waals surface area contributed by atoms with Crippen LogP contribution in [0.3, 0.4) is 0 Å². The van der Waals surface area contributed by atoms with Gasteiger partial charge in [-0.05, 0) is 43.2 Å². The number of amides is 1. The molecule has 4 aromatic rings. The van der Waals surface area contributed by atoms with Gasteiger partial charge in [-0.15, -0.1) is 0 Å². The summed E-state index contributed by atoms with van der Waals surface area (Å²) in [6, 6.07) is 16.8. The Morgan fingerprint density at radius 2 is 1.85 bits per heavy atom. The highest BCUT2D eigenvalue weighted by Gasteiger charge is 2.15. The minimum absolute atomic E-state index is 0.0756. The van der Waals surface area contributed by atoms with Crippen molar-refractivity contribution in [3.63, 3.8) is 0 Å². The van der Waals surface area contributed by atoms with Gasteiger partial charge in [-0.1, -0.05) is 31.2 Å². The Balaban J connectivity index is 1.72. The van der Waals surface area contributed by atoms with Crippen LogP contribution in [-0.4, -0.2) is 20.1 Å². The van der Waals surface area contributed by atoms with Crippen molar-refractivity contribution in [1.82, 2.24) is 14.2 Å². The molecule has 0 atom stereocenters. The number of rotatable bonds is 4. The molecule has 0 fully saturated rings. The summed E-state index contributed by atoms with van der Waals surface area (Å²) in [7, 11) is 0. The summed E-state index contributed by atoms with van der Waals surface area (Å²) in [6.45, 7) is 3.87. The smallest absolute Gasteiger partial charge is 0.262 e. The number of nitrogens with one attached hydrogen (secondary N) is 1. The highest BCUT2D eigenvalue weighted by atomic mass is 16.2. The summed E-state index contributed by atoms with van der Waals surface area (Å²) in [5, 5.41) is 7.87. The zero-order chi connectivity index (χ0) is 19.0. The van der Waals surface area contributed by atoms with E-state index in [1.54, 1.807) is 10.6 Å². The monoisotopic (exact) mass is 360 g/mol. The Bertz CT molecular complexity index is 1200. The van der Waals surface area contributed by atoms with Crippen molar-refractivity contribution in [3.8, 4) is 0 Å². The van der Waals surface area contributed by atoms with E-state index in [1.807, 2.05) is 55.5 Å². The second-order valence-electron chi connectivity index (χ2n) is 6.56. The van der Waals surface area contributed by atoms with Crippen molar-refractivity contribution in [1.29, 1.82) is 0 Å². The van der Waals surface area contributed by atoms with E-state index >= 15 is 0 Å². The maximum absolute atomic E-state index is 13.0. The molecule has 4 rings (SSSR count). The number of anilines is 1. The molecule has 2 aromatic carbocycles.